The van der Waals surface area contributed by atoms with Crippen LogP contribution >= 0.6 is 22.9 Å². The molecule has 1 N–H and O–H groups in total. The van der Waals surface area contributed by atoms with Crippen LogP contribution in [0.25, 0.3) is 16.3 Å². The van der Waals surface area contributed by atoms with Gasteiger partial charge in [0, 0.05) is 19.5 Å². The lowest BCUT2D eigenvalue weighted by Crippen LogP contribution is -1.99. The topological polar surface area (TPSA) is 72.2 Å². The van der Waals surface area contributed by atoms with Crippen molar-refractivity contribution in [1.29, 1.82) is 0 Å². The molecule has 0 aromatic carbocycles. The number of nitrogens with zero attached hydrogens (tertiary/aromatic N) is 4. The fourth-order valence-corrected chi connectivity index (χ4v) is 3.55. The molecule has 3 heterocycles. The van der Waals surface area contributed by atoms with E-state index in [2.05, 4.69) is 20.5 Å². The van der Waals surface area contributed by atoms with Gasteiger partial charge in [-0.15, -0.1) is 10.2 Å². The summed E-state index contributed by atoms with van der Waals surface area (Å²) in [6.07, 6.45) is 0.442. The zero-order chi connectivity index (χ0) is 20.7. The molecule has 0 aliphatic carbocycles. The minimum atomic E-state index is -2.70. The molecule has 150 valence electrons. The van der Waals surface area contributed by atoms with Crippen LogP contribution in [0.5, 0.6) is 0 Å². The van der Waals surface area contributed by atoms with Crippen LogP contribution in [0.4, 0.5) is 14.5 Å². The quantitative estimate of drug-likeness (QED) is 0.601. The predicted molar refractivity (Wildman–Crippen MR) is 109 cm³/mol. The van der Waals surface area contributed by atoms with Gasteiger partial charge in [0.2, 0.25) is 0 Å². The van der Waals surface area contributed by atoms with Gasteiger partial charge in [-0.05, 0) is 6.07 Å². The fraction of sp³-hybridized carbons (Fsp3) is 0.438. The Labute approximate surface area is 168 Å². The van der Waals surface area contributed by atoms with Crippen LogP contribution in [0.2, 0.25) is 5.15 Å². The second-order valence-electron chi connectivity index (χ2n) is 4.48. The Morgan fingerprint density at radius 1 is 1.26 bits per heavy atom. The van der Waals surface area contributed by atoms with Crippen molar-refractivity contribution in [2.24, 2.45) is 0 Å². The maximum absolute atomic E-state index is 12.7. The second kappa shape index (κ2) is 10.6. The van der Waals surface area contributed by atoms with E-state index < -0.39 is 22.2 Å². The summed E-state index contributed by atoms with van der Waals surface area (Å²) >= 11 is 6.91. The van der Waals surface area contributed by atoms with Crippen molar-refractivity contribution in [1.82, 2.24) is 19.6 Å². The van der Waals surface area contributed by atoms with Gasteiger partial charge in [0.05, 0.1) is 21.4 Å². The van der Waals surface area contributed by atoms with Crippen LogP contribution in [0.1, 0.15) is 39.1 Å². The van der Waals surface area contributed by atoms with Crippen LogP contribution in [-0.4, -0.2) is 37.1 Å². The van der Waals surface area contributed by atoms with Crippen molar-refractivity contribution in [3.8, 4) is 10.8 Å². The number of alkyl halides is 2. The van der Waals surface area contributed by atoms with E-state index in [1.807, 2.05) is 27.7 Å². The van der Waals surface area contributed by atoms with E-state index in [1.165, 1.54) is 0 Å². The highest BCUT2D eigenvalue weighted by Gasteiger charge is 2.21. The predicted octanol–water partition coefficient (Wildman–Crippen LogP) is 5.28. The molecular weight excluding hydrogens is 416 g/mol. The molecule has 0 amide bonds. The molecule has 1 unspecified atom stereocenters. The number of rotatable bonds is 4. The minimum absolute atomic E-state index is 0.187. The van der Waals surface area contributed by atoms with Gasteiger partial charge in [-0.3, -0.25) is 8.61 Å². The summed E-state index contributed by atoms with van der Waals surface area (Å²) in [6, 6.07) is 1.70. The van der Waals surface area contributed by atoms with E-state index in [1.54, 1.807) is 30.0 Å². The Morgan fingerprint density at radius 3 is 2.37 bits per heavy atom. The van der Waals surface area contributed by atoms with Crippen LogP contribution < -0.4 is 5.32 Å². The molecule has 0 spiro atoms. The highest BCUT2D eigenvalue weighted by molar-refractivity contribution is 7.84. The lowest BCUT2D eigenvalue weighted by Gasteiger charge is -2.07. The molecule has 6 nitrogen and oxygen atoms in total. The van der Waals surface area contributed by atoms with Crippen molar-refractivity contribution in [2.45, 2.75) is 39.0 Å². The highest BCUT2D eigenvalue weighted by atomic mass is 35.5. The SMILES string of the molecule is CC.CC.CNc1cc(S(C)=O)cn2c(-c3nnc(C(F)F)s3)nc(Cl)c12. The van der Waals surface area contributed by atoms with Crippen molar-refractivity contribution in [2.75, 3.05) is 18.6 Å². The Hall–Kier alpha value is -1.65. The Morgan fingerprint density at radius 2 is 1.89 bits per heavy atom. The summed E-state index contributed by atoms with van der Waals surface area (Å²) in [4.78, 5) is 4.73. The van der Waals surface area contributed by atoms with Gasteiger partial charge >= 0.3 is 0 Å². The maximum atomic E-state index is 12.7. The number of anilines is 1. The number of hydrogen-bond acceptors (Lipinski definition) is 6. The summed E-state index contributed by atoms with van der Waals surface area (Å²) in [5.74, 6) is 0.276. The molecule has 3 aromatic heterocycles. The number of nitrogens with one attached hydrogen (secondary N) is 1. The number of aromatic nitrogens is 4. The molecule has 1 atom stereocenters. The molecule has 0 saturated carbocycles. The molecule has 11 heteroatoms. The average Bonchev–Trinajstić information content (AvgIpc) is 3.29. The molecular formula is C16H22ClF2N5OS2. The largest absolute Gasteiger partial charge is 0.386 e. The molecule has 0 aliphatic heterocycles. The van der Waals surface area contributed by atoms with Crippen LogP contribution in [0.15, 0.2) is 17.2 Å². The Kier molecular flexibility index (Phi) is 9.20. The van der Waals surface area contributed by atoms with Crippen molar-refractivity contribution in [3.63, 3.8) is 0 Å². The highest BCUT2D eigenvalue weighted by Crippen LogP contribution is 2.34. The van der Waals surface area contributed by atoms with Gasteiger partial charge in [0.1, 0.15) is 5.52 Å². The zero-order valence-corrected chi connectivity index (χ0v) is 18.3. The van der Waals surface area contributed by atoms with E-state index >= 15 is 0 Å². The first kappa shape index (κ1) is 23.4. The number of fused-ring (bicyclic) bond motifs is 1. The first-order valence-electron chi connectivity index (χ1n) is 8.27. The molecule has 27 heavy (non-hydrogen) atoms. The van der Waals surface area contributed by atoms with E-state index in [-0.39, 0.29) is 16.0 Å². The second-order valence-corrected chi connectivity index (χ2v) is 7.23. The van der Waals surface area contributed by atoms with Crippen molar-refractivity contribution in [3.05, 3.63) is 22.4 Å². The van der Waals surface area contributed by atoms with Crippen molar-refractivity contribution < 1.29 is 13.0 Å². The average molecular weight is 438 g/mol. The third-order valence-corrected chi connectivity index (χ3v) is 5.16. The fourth-order valence-electron chi connectivity index (χ4n) is 2.06. The summed E-state index contributed by atoms with van der Waals surface area (Å²) in [6.45, 7) is 8.00. The first-order chi connectivity index (χ1) is 12.9. The smallest absolute Gasteiger partial charge is 0.291 e. The Bertz CT molecular complexity index is 914. The summed E-state index contributed by atoms with van der Waals surface area (Å²) in [5, 5.41) is 10.2. The molecule has 0 saturated heterocycles. The van der Waals surface area contributed by atoms with Crippen molar-refractivity contribution >= 4 is 44.9 Å². The summed E-state index contributed by atoms with van der Waals surface area (Å²) < 4.78 is 38.8. The molecule has 0 bridgehead atoms. The van der Waals surface area contributed by atoms with E-state index in [0.717, 1.165) is 11.3 Å². The summed E-state index contributed by atoms with van der Waals surface area (Å²) in [7, 11) is 0.456. The number of imidazole rings is 1. The monoisotopic (exact) mass is 437 g/mol. The zero-order valence-electron chi connectivity index (χ0n) is 15.9. The number of hydrogen-bond donors (Lipinski definition) is 1. The number of halogens is 3. The van der Waals surface area contributed by atoms with Crippen LogP contribution in [-0.2, 0) is 10.8 Å². The third-order valence-electron chi connectivity index (χ3n) is 3.09. The van der Waals surface area contributed by atoms with Gasteiger partial charge in [0.25, 0.3) is 6.43 Å². The first-order valence-corrected chi connectivity index (χ1v) is 11.0. The molecule has 0 aliphatic rings. The van der Waals surface area contributed by atoms with E-state index in [9.17, 15) is 13.0 Å². The third kappa shape index (κ3) is 4.99. The van der Waals surface area contributed by atoms with E-state index in [0.29, 0.717) is 16.1 Å². The lowest BCUT2D eigenvalue weighted by molar-refractivity contribution is 0.150. The van der Waals surface area contributed by atoms with Gasteiger partial charge in [-0.2, -0.15) is 0 Å². The van der Waals surface area contributed by atoms with Crippen LogP contribution in [0.3, 0.4) is 0 Å². The van der Waals surface area contributed by atoms with Gasteiger partial charge in [0.15, 0.2) is 21.0 Å². The van der Waals surface area contributed by atoms with Gasteiger partial charge in [-0.1, -0.05) is 50.6 Å². The molecule has 0 radical (unpaired) electrons. The minimum Gasteiger partial charge on any atom is -0.386 e. The van der Waals surface area contributed by atoms with Gasteiger partial charge in [-0.25, -0.2) is 13.8 Å². The van der Waals surface area contributed by atoms with Gasteiger partial charge < -0.3 is 5.32 Å². The molecule has 0 fully saturated rings. The maximum Gasteiger partial charge on any atom is 0.291 e. The number of pyridine rings is 1. The Balaban J connectivity index is 0.000000855. The molecule has 3 rings (SSSR count). The van der Waals surface area contributed by atoms with E-state index in [4.69, 9.17) is 11.6 Å². The normalized spacial score (nSPS) is 11.5. The molecule has 3 aromatic rings. The summed E-state index contributed by atoms with van der Waals surface area (Å²) in [5.41, 5.74) is 1.17. The lowest BCUT2D eigenvalue weighted by atomic mass is 10.3. The van der Waals surface area contributed by atoms with Crippen LogP contribution in [0, 0.1) is 0 Å². The standard InChI is InChI=1S/C12H10ClF2N5OS2.2C2H6/c1-16-6-3-5(23(2)21)4-20-7(6)8(13)17-10(20)12-19-18-11(22-12)9(14)15;2*1-2/h3-4,9,16H,1-2H3;2*1-2H3.